The number of primary amides is 2. The molecule has 0 fully saturated rings. The Morgan fingerprint density at radius 3 is 2.36 bits per heavy atom. The largest absolute Gasteiger partial charge is 0.370 e. The van der Waals surface area contributed by atoms with E-state index in [4.69, 9.17) is 11.5 Å². The van der Waals surface area contributed by atoms with Crippen molar-refractivity contribution < 1.29 is 18.6 Å². The first kappa shape index (κ1) is 18.6. The first-order valence-electron chi connectivity index (χ1n) is 7.58. The van der Waals surface area contributed by atoms with Crippen molar-refractivity contribution in [3.63, 3.8) is 0 Å². The maximum atomic E-state index is 12.3. The Bertz CT molecular complexity index is 838. The molecule has 0 radical (unpaired) electrons. The van der Waals surface area contributed by atoms with Crippen LogP contribution in [0.3, 0.4) is 0 Å². The molecule has 132 valence electrons. The third kappa shape index (κ3) is 5.39. The molecule has 0 saturated carbocycles. The molecule has 0 aliphatic carbocycles. The third-order valence-electron chi connectivity index (χ3n) is 3.64. The summed E-state index contributed by atoms with van der Waals surface area (Å²) in [5.74, 6) is -3.04. The van der Waals surface area contributed by atoms with Crippen LogP contribution in [0.15, 0.2) is 47.4 Å². The van der Waals surface area contributed by atoms with E-state index in [-0.39, 0.29) is 18.7 Å². The molecule has 3 amide bonds. The zero-order chi connectivity index (χ0) is 18.4. The topological polar surface area (TPSA) is 132 Å². The third-order valence-corrected chi connectivity index (χ3v) is 4.95. The molecule has 8 heteroatoms. The smallest absolute Gasteiger partial charge is 0.233 e. The zero-order valence-corrected chi connectivity index (χ0v) is 14.3. The first-order valence-corrected chi connectivity index (χ1v) is 8.90. The number of hydrogen-bond acceptors (Lipinski definition) is 4. The van der Waals surface area contributed by atoms with Gasteiger partial charge in [-0.05, 0) is 22.9 Å². The summed E-state index contributed by atoms with van der Waals surface area (Å²) in [6.07, 6.45) is -0.247. The minimum absolute atomic E-state index is 0.119. The van der Waals surface area contributed by atoms with Crippen LogP contribution in [0.1, 0.15) is 6.42 Å². The van der Waals surface area contributed by atoms with Crippen molar-refractivity contribution in [3.8, 4) is 0 Å². The van der Waals surface area contributed by atoms with Gasteiger partial charge in [0.2, 0.25) is 17.7 Å². The Hall–Kier alpha value is -2.74. The number of benzene rings is 2. The van der Waals surface area contributed by atoms with Gasteiger partial charge in [-0.3, -0.25) is 18.6 Å². The monoisotopic (exact) mass is 361 g/mol. The molecule has 25 heavy (non-hydrogen) atoms. The van der Waals surface area contributed by atoms with Crippen LogP contribution in [-0.4, -0.2) is 34.2 Å². The lowest BCUT2D eigenvalue weighted by molar-refractivity contribution is -0.127. The van der Waals surface area contributed by atoms with Crippen LogP contribution >= 0.6 is 0 Å². The molecule has 7 nitrogen and oxygen atoms in total. The van der Waals surface area contributed by atoms with Crippen LogP contribution in [0.25, 0.3) is 10.8 Å². The maximum absolute atomic E-state index is 12.3. The summed E-state index contributed by atoms with van der Waals surface area (Å²) in [5.41, 5.74) is 10.2. The number of carbonyl (C=O) groups excluding carboxylic acids is 3. The van der Waals surface area contributed by atoms with E-state index < -0.39 is 34.4 Å². The summed E-state index contributed by atoms with van der Waals surface area (Å²) < 4.78 is 12.3. The van der Waals surface area contributed by atoms with Crippen molar-refractivity contribution in [2.45, 2.75) is 11.3 Å². The van der Waals surface area contributed by atoms with Crippen LogP contribution in [0.4, 0.5) is 0 Å². The molecule has 2 unspecified atom stereocenters. The van der Waals surface area contributed by atoms with Crippen LogP contribution in [0, 0.1) is 5.92 Å². The minimum atomic E-state index is -1.53. The van der Waals surface area contributed by atoms with E-state index in [1.54, 1.807) is 12.1 Å². The molecule has 2 rings (SSSR count). The van der Waals surface area contributed by atoms with E-state index in [0.29, 0.717) is 4.90 Å². The second-order valence-corrected chi connectivity index (χ2v) is 7.02. The Kier molecular flexibility index (Phi) is 6.24. The van der Waals surface area contributed by atoms with E-state index in [9.17, 15) is 18.6 Å². The number of hydrogen-bond donors (Lipinski definition) is 3. The summed E-state index contributed by atoms with van der Waals surface area (Å²) in [5, 5.41) is 4.42. The Balaban J connectivity index is 1.95. The van der Waals surface area contributed by atoms with Gasteiger partial charge in [-0.15, -0.1) is 0 Å². The minimum Gasteiger partial charge on any atom is -0.370 e. The summed E-state index contributed by atoms with van der Waals surface area (Å²) >= 11 is 0. The van der Waals surface area contributed by atoms with E-state index in [1.165, 1.54) is 0 Å². The highest BCUT2D eigenvalue weighted by atomic mass is 32.2. The molecule has 0 aliphatic rings. The summed E-state index contributed by atoms with van der Waals surface area (Å²) in [7, 11) is -1.53. The lowest BCUT2D eigenvalue weighted by Gasteiger charge is -2.12. The second kappa shape index (κ2) is 8.39. The lowest BCUT2D eigenvalue weighted by Crippen LogP contribution is -2.39. The van der Waals surface area contributed by atoms with Gasteiger partial charge in [0.05, 0.1) is 16.7 Å². The quantitative estimate of drug-likeness (QED) is 0.612. The normalized spacial score (nSPS) is 13.1. The highest BCUT2D eigenvalue weighted by Crippen LogP contribution is 2.18. The number of carbonyl (C=O) groups is 3. The van der Waals surface area contributed by atoms with Gasteiger partial charge in [-0.1, -0.05) is 30.3 Å². The van der Waals surface area contributed by atoms with Crippen molar-refractivity contribution in [1.82, 2.24) is 5.32 Å². The number of nitrogens with two attached hydrogens (primary N) is 2. The molecule has 2 aromatic carbocycles. The van der Waals surface area contributed by atoms with Gasteiger partial charge in [0.1, 0.15) is 5.75 Å². The average Bonchev–Trinajstić information content (AvgIpc) is 2.57. The van der Waals surface area contributed by atoms with E-state index >= 15 is 0 Å². The number of nitrogens with one attached hydrogen (secondary N) is 1. The molecule has 0 spiro atoms. The van der Waals surface area contributed by atoms with Crippen molar-refractivity contribution in [2.75, 3.05) is 12.3 Å². The highest BCUT2D eigenvalue weighted by molar-refractivity contribution is 7.85. The number of fused-ring (bicyclic) bond motifs is 1. The predicted molar refractivity (Wildman–Crippen MR) is 94.7 cm³/mol. The van der Waals surface area contributed by atoms with Gasteiger partial charge in [-0.25, -0.2) is 0 Å². The van der Waals surface area contributed by atoms with Gasteiger partial charge < -0.3 is 16.8 Å². The van der Waals surface area contributed by atoms with Crippen molar-refractivity contribution in [3.05, 3.63) is 42.5 Å². The molecule has 0 aromatic heterocycles. The van der Waals surface area contributed by atoms with Crippen molar-refractivity contribution >= 4 is 39.3 Å². The fourth-order valence-corrected chi connectivity index (χ4v) is 3.30. The number of rotatable bonds is 8. The van der Waals surface area contributed by atoms with E-state index in [1.807, 2.05) is 30.3 Å². The molecule has 0 heterocycles. The molecule has 2 atom stereocenters. The SMILES string of the molecule is NC(=O)CC(CNC(=O)CS(=O)c1ccc2ccccc2c1)C(N)=O. The molecular weight excluding hydrogens is 342 g/mol. The predicted octanol–water partition coefficient (Wildman–Crippen LogP) is 0.0405. The second-order valence-electron chi connectivity index (χ2n) is 5.57. The standard InChI is InChI=1S/C17H19N3O4S/c18-15(21)8-13(17(19)23)9-20-16(22)10-25(24)14-6-5-11-3-1-2-4-12(11)7-14/h1-7,13H,8-10H2,(H2,18,21)(H2,19,23)(H,20,22). The highest BCUT2D eigenvalue weighted by Gasteiger charge is 2.19. The zero-order valence-electron chi connectivity index (χ0n) is 13.4. The van der Waals surface area contributed by atoms with Gasteiger partial charge in [0.15, 0.2) is 0 Å². The molecule has 0 bridgehead atoms. The van der Waals surface area contributed by atoms with Gasteiger partial charge in [0.25, 0.3) is 0 Å². The van der Waals surface area contributed by atoms with Crippen molar-refractivity contribution in [2.24, 2.45) is 17.4 Å². The summed E-state index contributed by atoms with van der Waals surface area (Å²) in [4.78, 5) is 34.6. The van der Waals surface area contributed by atoms with Gasteiger partial charge >= 0.3 is 0 Å². The van der Waals surface area contributed by atoms with Crippen molar-refractivity contribution in [1.29, 1.82) is 0 Å². The van der Waals surface area contributed by atoms with Crippen LogP contribution in [0.5, 0.6) is 0 Å². The van der Waals surface area contributed by atoms with Crippen LogP contribution in [0.2, 0.25) is 0 Å². The van der Waals surface area contributed by atoms with Crippen LogP contribution in [-0.2, 0) is 25.2 Å². The van der Waals surface area contributed by atoms with E-state index in [0.717, 1.165) is 10.8 Å². The molecule has 0 aliphatic heterocycles. The lowest BCUT2D eigenvalue weighted by atomic mass is 10.0. The Labute approximate surface area is 147 Å². The number of amides is 3. The Morgan fingerprint density at radius 1 is 1.04 bits per heavy atom. The average molecular weight is 361 g/mol. The summed E-state index contributed by atoms with van der Waals surface area (Å²) in [6, 6.07) is 13.0. The van der Waals surface area contributed by atoms with Gasteiger partial charge in [0, 0.05) is 17.9 Å². The molecule has 0 saturated heterocycles. The first-order chi connectivity index (χ1) is 11.9. The van der Waals surface area contributed by atoms with E-state index in [2.05, 4.69) is 5.32 Å². The summed E-state index contributed by atoms with van der Waals surface area (Å²) in [6.45, 7) is -0.119. The Morgan fingerprint density at radius 2 is 1.72 bits per heavy atom. The van der Waals surface area contributed by atoms with Gasteiger partial charge in [-0.2, -0.15) is 0 Å². The molecule has 5 N–H and O–H groups in total. The van der Waals surface area contributed by atoms with Crippen LogP contribution < -0.4 is 16.8 Å². The fourth-order valence-electron chi connectivity index (χ4n) is 2.32. The maximum Gasteiger partial charge on any atom is 0.233 e. The molecular formula is C17H19N3O4S. The molecule has 2 aromatic rings. The fraction of sp³-hybridized carbons (Fsp3) is 0.235.